The van der Waals surface area contributed by atoms with E-state index in [2.05, 4.69) is 15.5 Å². The van der Waals surface area contributed by atoms with Crippen molar-refractivity contribution in [3.63, 3.8) is 0 Å². The van der Waals surface area contributed by atoms with Gasteiger partial charge in [0.25, 0.3) is 0 Å². The third-order valence-corrected chi connectivity index (χ3v) is 3.98. The predicted octanol–water partition coefficient (Wildman–Crippen LogP) is 4.46. The van der Waals surface area contributed by atoms with Crippen molar-refractivity contribution in [1.29, 1.82) is 0 Å². The zero-order chi connectivity index (χ0) is 8.84. The maximum atomic E-state index is 5.86. The molecule has 1 aromatic rings. The summed E-state index contributed by atoms with van der Waals surface area (Å²) in [5.41, 5.74) is 0. The molecule has 1 aliphatic heterocycles. The van der Waals surface area contributed by atoms with Gasteiger partial charge in [-0.25, -0.2) is 0 Å². The van der Waals surface area contributed by atoms with Gasteiger partial charge in [0.05, 0.1) is 0 Å². The molecule has 12 heavy (non-hydrogen) atoms. The molecule has 0 saturated carbocycles. The summed E-state index contributed by atoms with van der Waals surface area (Å²) in [5, 5.41) is 0. The first-order valence-electron chi connectivity index (χ1n) is 3.11. The molecule has 1 aliphatic rings. The Balaban J connectivity index is 2.47. The number of fused-ring (bicyclic) bond motifs is 1. The third-order valence-electron chi connectivity index (χ3n) is 1.33. The van der Waals surface area contributed by atoms with E-state index in [9.17, 15) is 0 Å². The second-order valence-corrected chi connectivity index (χ2v) is 14.6. The van der Waals surface area contributed by atoms with Gasteiger partial charge < -0.3 is 0 Å². The molecule has 2 nitrogen and oxygen atoms in total. The first-order valence-corrected chi connectivity index (χ1v) is 9.01. The molecule has 0 fully saturated rings. The van der Waals surface area contributed by atoms with Crippen molar-refractivity contribution in [3.05, 3.63) is 24.3 Å². The van der Waals surface area contributed by atoms with Crippen LogP contribution in [0.2, 0.25) is 0 Å². The Bertz CT molecular complexity index is 307. The van der Waals surface area contributed by atoms with Crippen LogP contribution in [0.3, 0.4) is 0 Å². The number of rotatable bonds is 0. The van der Waals surface area contributed by atoms with E-state index in [0.29, 0.717) is 11.5 Å². The molecule has 1 heterocycles. The van der Waals surface area contributed by atoms with Crippen LogP contribution in [0.25, 0.3) is 0 Å². The van der Waals surface area contributed by atoms with E-state index < -0.39 is 4.47 Å². The van der Waals surface area contributed by atoms with Crippen molar-refractivity contribution in [1.82, 2.24) is 0 Å². The van der Waals surface area contributed by atoms with E-state index in [4.69, 9.17) is 31.5 Å². The minimum atomic E-state index is -3.55. The van der Waals surface area contributed by atoms with Crippen molar-refractivity contribution in [2.45, 2.75) is 0 Å². The van der Waals surface area contributed by atoms with Crippen LogP contribution >= 0.6 is 42.4 Å². The summed E-state index contributed by atoms with van der Waals surface area (Å²) in [6.45, 7) is 0. The average Bonchev–Trinajstić information content (AvgIpc) is 2.16. The molecule has 1 aromatic carbocycles. The van der Waals surface area contributed by atoms with Gasteiger partial charge in [-0.3, -0.25) is 0 Å². The second kappa shape index (κ2) is 2.42. The fourth-order valence-corrected chi connectivity index (χ4v) is 3.70. The SMILES string of the molecule is ClP1(Cl)(Br)Oc2ccccc2O1. The van der Waals surface area contributed by atoms with E-state index in [0.717, 1.165) is 0 Å². The summed E-state index contributed by atoms with van der Waals surface area (Å²) in [6.07, 6.45) is 0. The molecule has 0 N–H and O–H groups in total. The van der Waals surface area contributed by atoms with E-state index in [-0.39, 0.29) is 0 Å². The predicted molar refractivity (Wildman–Crippen MR) is 55.3 cm³/mol. The van der Waals surface area contributed by atoms with Gasteiger partial charge in [0, 0.05) is 0 Å². The number of hydrogen-bond acceptors (Lipinski definition) is 2. The van der Waals surface area contributed by atoms with Crippen molar-refractivity contribution in [2.24, 2.45) is 0 Å². The van der Waals surface area contributed by atoms with Crippen LogP contribution in [-0.4, -0.2) is 0 Å². The third kappa shape index (κ3) is 1.64. The molecule has 0 aromatic heterocycles. The van der Waals surface area contributed by atoms with E-state index in [1.165, 1.54) is 0 Å². The van der Waals surface area contributed by atoms with Gasteiger partial charge in [-0.15, -0.1) is 0 Å². The van der Waals surface area contributed by atoms with Gasteiger partial charge in [0.15, 0.2) is 0 Å². The standard InChI is InChI=1S/C6H4BrCl2O2P/c7-12(8,9)10-5-3-1-2-4-6(5)11-12/h1-4H. The second-order valence-electron chi connectivity index (χ2n) is 2.31. The molecule has 0 radical (unpaired) electrons. The molecular formula is C6H4BrCl2O2P. The molecule has 0 amide bonds. The van der Waals surface area contributed by atoms with Crippen LogP contribution in [-0.2, 0) is 0 Å². The molecule has 0 spiro atoms. The van der Waals surface area contributed by atoms with Crippen LogP contribution in [0.4, 0.5) is 0 Å². The summed E-state index contributed by atoms with van der Waals surface area (Å²) in [4.78, 5) is 0. The van der Waals surface area contributed by atoms with Gasteiger partial charge >= 0.3 is 87.2 Å². The molecule has 66 valence electrons. The van der Waals surface area contributed by atoms with Crippen molar-refractivity contribution < 1.29 is 9.05 Å². The van der Waals surface area contributed by atoms with Crippen molar-refractivity contribution in [2.75, 3.05) is 0 Å². The van der Waals surface area contributed by atoms with Crippen LogP contribution in [0.1, 0.15) is 0 Å². The average molecular weight is 290 g/mol. The monoisotopic (exact) mass is 288 g/mol. The quantitative estimate of drug-likeness (QED) is 0.657. The first-order chi connectivity index (χ1) is 5.44. The van der Waals surface area contributed by atoms with E-state index in [1.54, 1.807) is 12.1 Å². The van der Waals surface area contributed by atoms with Crippen LogP contribution in [0.5, 0.6) is 11.5 Å². The fourth-order valence-electron chi connectivity index (χ4n) is 0.923. The summed E-state index contributed by atoms with van der Waals surface area (Å²) in [6, 6.07) is 7.13. The van der Waals surface area contributed by atoms with Crippen LogP contribution < -0.4 is 9.05 Å². The molecule has 0 atom stereocenters. The van der Waals surface area contributed by atoms with Crippen molar-refractivity contribution >= 4 is 42.4 Å². The normalized spacial score (nSPS) is 25.8. The van der Waals surface area contributed by atoms with Gasteiger partial charge in [-0.05, 0) is 0 Å². The number of benzene rings is 1. The Hall–Kier alpha value is 0.310. The Morgan fingerprint density at radius 3 is 1.92 bits per heavy atom. The molecule has 0 aliphatic carbocycles. The van der Waals surface area contributed by atoms with Crippen molar-refractivity contribution in [3.8, 4) is 11.5 Å². The Morgan fingerprint density at radius 1 is 1.08 bits per heavy atom. The maximum absolute atomic E-state index is 5.86. The molecule has 6 heteroatoms. The van der Waals surface area contributed by atoms with Gasteiger partial charge in [0.1, 0.15) is 0 Å². The van der Waals surface area contributed by atoms with E-state index >= 15 is 0 Å². The number of para-hydroxylation sites is 2. The topological polar surface area (TPSA) is 18.5 Å². The Morgan fingerprint density at radius 2 is 1.50 bits per heavy atom. The summed E-state index contributed by atoms with van der Waals surface area (Å²) < 4.78 is 6.93. The van der Waals surface area contributed by atoms with Gasteiger partial charge in [-0.1, -0.05) is 0 Å². The van der Waals surface area contributed by atoms with Crippen LogP contribution in [0, 0.1) is 0 Å². The fraction of sp³-hybridized carbons (Fsp3) is 0. The minimum absolute atomic E-state index is 0.567. The first kappa shape index (κ1) is 8.89. The number of halogens is 3. The van der Waals surface area contributed by atoms with Gasteiger partial charge in [-0.2, -0.15) is 0 Å². The molecular weight excluding hydrogens is 286 g/mol. The Kier molecular flexibility index (Phi) is 1.79. The van der Waals surface area contributed by atoms with Crippen LogP contribution in [0.15, 0.2) is 24.3 Å². The zero-order valence-electron chi connectivity index (χ0n) is 5.71. The molecule has 0 bridgehead atoms. The summed E-state index contributed by atoms with van der Waals surface area (Å²) in [5.74, 6) is 1.13. The molecule has 0 unspecified atom stereocenters. The molecule has 2 rings (SSSR count). The van der Waals surface area contributed by atoms with Gasteiger partial charge in [0.2, 0.25) is 0 Å². The summed E-state index contributed by atoms with van der Waals surface area (Å²) in [7, 11) is 0. The number of hydrogen-bond donors (Lipinski definition) is 0. The zero-order valence-corrected chi connectivity index (χ0v) is 9.70. The summed E-state index contributed by atoms with van der Waals surface area (Å²) >= 11 is 14.8. The molecule has 0 saturated heterocycles. The van der Waals surface area contributed by atoms with E-state index in [1.807, 2.05) is 12.1 Å². The Labute approximate surface area is 87.2 Å².